The van der Waals surface area contributed by atoms with Crippen molar-refractivity contribution in [1.29, 1.82) is 0 Å². The first-order valence-corrected chi connectivity index (χ1v) is 9.48. The van der Waals surface area contributed by atoms with Gasteiger partial charge in [-0.2, -0.15) is 0 Å². The number of carbonyl (C=O) groups is 1. The van der Waals surface area contributed by atoms with Gasteiger partial charge in [-0.15, -0.1) is 11.3 Å². The van der Waals surface area contributed by atoms with Crippen LogP contribution in [0.15, 0.2) is 30.3 Å². The summed E-state index contributed by atoms with van der Waals surface area (Å²) in [5, 5.41) is 9.71. The molecule has 1 aromatic heterocycles. The second-order valence-corrected chi connectivity index (χ2v) is 8.24. The number of carboxylic acids is 1. The number of nitrogens with zero attached hydrogens (tertiary/aromatic N) is 1. The first-order chi connectivity index (χ1) is 11.5. The van der Waals surface area contributed by atoms with Crippen molar-refractivity contribution in [3.63, 3.8) is 0 Å². The molecule has 128 valence electrons. The van der Waals surface area contributed by atoms with Gasteiger partial charge in [-0.1, -0.05) is 41.8 Å². The molecular weight excluding hydrogens is 342 g/mol. The van der Waals surface area contributed by atoms with Crippen molar-refractivity contribution in [3.8, 4) is 0 Å². The molecule has 2 heterocycles. The van der Waals surface area contributed by atoms with E-state index in [1.807, 2.05) is 12.1 Å². The topological polar surface area (TPSA) is 40.5 Å². The van der Waals surface area contributed by atoms with Crippen LogP contribution in [0.5, 0.6) is 0 Å². The fourth-order valence-corrected chi connectivity index (χ4v) is 4.83. The zero-order valence-electron chi connectivity index (χ0n) is 14.0. The van der Waals surface area contributed by atoms with E-state index >= 15 is 0 Å². The van der Waals surface area contributed by atoms with E-state index < -0.39 is 12.0 Å². The average Bonchev–Trinajstić information content (AvgIpc) is 2.96. The Morgan fingerprint density at radius 1 is 1.29 bits per heavy atom. The molecule has 2 unspecified atom stereocenters. The van der Waals surface area contributed by atoms with Crippen molar-refractivity contribution in [2.24, 2.45) is 0 Å². The minimum Gasteiger partial charge on any atom is -0.480 e. The van der Waals surface area contributed by atoms with Crippen molar-refractivity contribution in [2.75, 3.05) is 6.54 Å². The predicted molar refractivity (Wildman–Crippen MR) is 99.1 cm³/mol. The lowest BCUT2D eigenvalue weighted by molar-refractivity contribution is -0.145. The Labute approximate surface area is 151 Å². The number of halogens is 1. The molecule has 1 aliphatic rings. The fraction of sp³-hybridized carbons (Fsp3) is 0.421. The highest BCUT2D eigenvalue weighted by Crippen LogP contribution is 2.39. The maximum atomic E-state index is 11.8. The highest BCUT2D eigenvalue weighted by molar-refractivity contribution is 7.16. The Kier molecular flexibility index (Phi) is 5.28. The molecule has 0 radical (unpaired) electrons. The number of rotatable bonds is 4. The summed E-state index contributed by atoms with van der Waals surface area (Å²) in [6, 6.07) is 9.84. The van der Waals surface area contributed by atoms with E-state index in [2.05, 4.69) is 36.9 Å². The SMILES string of the molecule is Cc1ccc(C(c2ccc(Cl)s2)N2CCCCC2C(=O)O)c(C)c1. The van der Waals surface area contributed by atoms with Crippen LogP contribution >= 0.6 is 22.9 Å². The molecule has 0 bridgehead atoms. The summed E-state index contributed by atoms with van der Waals surface area (Å²) in [6.07, 6.45) is 2.71. The molecule has 2 aromatic rings. The van der Waals surface area contributed by atoms with Crippen molar-refractivity contribution >= 4 is 28.9 Å². The molecule has 3 rings (SSSR count). The maximum absolute atomic E-state index is 11.8. The average molecular weight is 364 g/mol. The van der Waals surface area contributed by atoms with Gasteiger partial charge >= 0.3 is 5.97 Å². The summed E-state index contributed by atoms with van der Waals surface area (Å²) in [4.78, 5) is 15.1. The van der Waals surface area contributed by atoms with Gasteiger partial charge in [0, 0.05) is 4.88 Å². The van der Waals surface area contributed by atoms with Crippen molar-refractivity contribution in [1.82, 2.24) is 4.90 Å². The van der Waals surface area contributed by atoms with Crippen LogP contribution in [0.3, 0.4) is 0 Å². The lowest BCUT2D eigenvalue weighted by atomic mass is 9.92. The number of likely N-dealkylation sites (tertiary alicyclic amines) is 1. The largest absolute Gasteiger partial charge is 0.480 e. The minimum atomic E-state index is -0.730. The van der Waals surface area contributed by atoms with Crippen LogP contribution in [0, 0.1) is 13.8 Å². The van der Waals surface area contributed by atoms with E-state index in [0.717, 1.165) is 28.6 Å². The van der Waals surface area contributed by atoms with Crippen molar-refractivity contribution in [2.45, 2.75) is 45.2 Å². The third kappa shape index (κ3) is 3.51. The van der Waals surface area contributed by atoms with Gasteiger partial charge in [0.1, 0.15) is 6.04 Å². The smallest absolute Gasteiger partial charge is 0.320 e. The summed E-state index contributed by atoms with van der Waals surface area (Å²) < 4.78 is 0.739. The fourth-order valence-electron chi connectivity index (χ4n) is 3.63. The van der Waals surface area contributed by atoms with Crippen LogP contribution in [0.25, 0.3) is 0 Å². The number of hydrogen-bond donors (Lipinski definition) is 1. The number of benzene rings is 1. The Morgan fingerprint density at radius 2 is 2.08 bits per heavy atom. The van der Waals surface area contributed by atoms with E-state index in [-0.39, 0.29) is 6.04 Å². The quantitative estimate of drug-likeness (QED) is 0.826. The molecule has 5 heteroatoms. The van der Waals surface area contributed by atoms with E-state index in [9.17, 15) is 9.90 Å². The van der Waals surface area contributed by atoms with Crippen molar-refractivity contribution < 1.29 is 9.90 Å². The Morgan fingerprint density at radius 3 is 2.71 bits per heavy atom. The van der Waals surface area contributed by atoms with Gasteiger partial charge in [-0.05, 0) is 56.5 Å². The van der Waals surface area contributed by atoms with Crippen molar-refractivity contribution in [3.05, 3.63) is 56.2 Å². The van der Waals surface area contributed by atoms with Gasteiger partial charge in [0.25, 0.3) is 0 Å². The third-order valence-electron chi connectivity index (χ3n) is 4.74. The van der Waals surface area contributed by atoms with Gasteiger partial charge in [-0.25, -0.2) is 0 Å². The van der Waals surface area contributed by atoms with Gasteiger partial charge in [-0.3, -0.25) is 9.69 Å². The highest BCUT2D eigenvalue weighted by Gasteiger charge is 2.36. The Bertz CT molecular complexity index is 743. The molecule has 1 aliphatic heterocycles. The lowest BCUT2D eigenvalue weighted by Gasteiger charge is -2.39. The number of aliphatic carboxylic acids is 1. The molecular formula is C19H22ClNO2S. The van der Waals surface area contributed by atoms with E-state index in [1.165, 1.54) is 16.7 Å². The third-order valence-corrected chi connectivity index (χ3v) is 6.03. The van der Waals surface area contributed by atoms with Crippen LogP contribution in [0.4, 0.5) is 0 Å². The highest BCUT2D eigenvalue weighted by atomic mass is 35.5. The Hall–Kier alpha value is -1.36. The van der Waals surface area contributed by atoms with Crippen LogP contribution in [-0.2, 0) is 4.79 Å². The molecule has 0 amide bonds. The van der Waals surface area contributed by atoms with E-state index in [4.69, 9.17) is 11.6 Å². The molecule has 24 heavy (non-hydrogen) atoms. The summed E-state index contributed by atoms with van der Waals surface area (Å²) in [5.74, 6) is -0.730. The maximum Gasteiger partial charge on any atom is 0.320 e. The Balaban J connectivity index is 2.09. The van der Waals surface area contributed by atoms with E-state index in [0.29, 0.717) is 6.42 Å². The van der Waals surface area contributed by atoms with Crippen LogP contribution in [0.1, 0.15) is 46.9 Å². The number of thiophene rings is 1. The molecule has 0 aliphatic carbocycles. The van der Waals surface area contributed by atoms with Gasteiger partial charge in [0.15, 0.2) is 0 Å². The lowest BCUT2D eigenvalue weighted by Crippen LogP contribution is -2.46. The molecule has 1 fully saturated rings. The number of carboxylic acid groups (broad SMARTS) is 1. The second-order valence-electron chi connectivity index (χ2n) is 6.49. The van der Waals surface area contributed by atoms with Gasteiger partial charge in [0.05, 0.1) is 10.4 Å². The number of piperidine rings is 1. The monoisotopic (exact) mass is 363 g/mol. The number of aryl methyl sites for hydroxylation is 2. The molecule has 2 atom stereocenters. The van der Waals surface area contributed by atoms with E-state index in [1.54, 1.807) is 11.3 Å². The summed E-state index contributed by atoms with van der Waals surface area (Å²) in [7, 11) is 0. The van der Waals surface area contributed by atoms with Crippen LogP contribution < -0.4 is 0 Å². The second kappa shape index (κ2) is 7.26. The predicted octanol–water partition coefficient (Wildman–Crippen LogP) is 5.05. The standard InChI is InChI=1S/C19H22ClNO2S/c1-12-6-7-14(13(2)11-12)18(16-8-9-17(20)24-16)21-10-4-3-5-15(21)19(22)23/h6-9,11,15,18H,3-5,10H2,1-2H3,(H,22,23). The summed E-state index contributed by atoms with van der Waals surface area (Å²) >= 11 is 7.72. The zero-order valence-corrected chi connectivity index (χ0v) is 15.5. The van der Waals surface area contributed by atoms with Crippen LogP contribution in [0.2, 0.25) is 4.34 Å². The number of hydrogen-bond acceptors (Lipinski definition) is 3. The minimum absolute atomic E-state index is 0.0514. The molecule has 1 aromatic carbocycles. The first-order valence-electron chi connectivity index (χ1n) is 8.28. The molecule has 3 nitrogen and oxygen atoms in total. The molecule has 1 N–H and O–H groups in total. The first kappa shape index (κ1) is 17.5. The molecule has 1 saturated heterocycles. The molecule has 0 spiro atoms. The molecule has 0 saturated carbocycles. The summed E-state index contributed by atoms with van der Waals surface area (Å²) in [6.45, 7) is 4.98. The summed E-state index contributed by atoms with van der Waals surface area (Å²) in [5.41, 5.74) is 3.58. The zero-order chi connectivity index (χ0) is 17.3. The van der Waals surface area contributed by atoms with Crippen LogP contribution in [-0.4, -0.2) is 28.6 Å². The van der Waals surface area contributed by atoms with Gasteiger partial charge in [0.2, 0.25) is 0 Å². The normalized spacial score (nSPS) is 20.0. The van der Waals surface area contributed by atoms with Gasteiger partial charge < -0.3 is 5.11 Å².